The predicted octanol–water partition coefficient (Wildman–Crippen LogP) is 5.08. The molecule has 0 aliphatic carbocycles. The summed E-state index contributed by atoms with van der Waals surface area (Å²) in [6.07, 6.45) is 1.09. The Labute approximate surface area is 202 Å². The van der Waals surface area contributed by atoms with Crippen LogP contribution in [0.25, 0.3) is 22.2 Å². The van der Waals surface area contributed by atoms with Crippen molar-refractivity contribution in [1.82, 2.24) is 10.4 Å². The molecule has 1 amide bonds. The number of halogens is 1. The Morgan fingerprint density at radius 3 is 2.32 bits per heavy atom. The molecule has 1 heterocycles. The molecule has 0 saturated carbocycles. The summed E-state index contributed by atoms with van der Waals surface area (Å²) in [5.74, 6) is -0.372. The van der Waals surface area contributed by atoms with Crippen LogP contribution in [0.1, 0.15) is 22.8 Å². The van der Waals surface area contributed by atoms with Gasteiger partial charge in [0.15, 0.2) is 0 Å². The lowest BCUT2D eigenvalue weighted by molar-refractivity contribution is 0.0956. The number of hydrazone groups is 1. The normalized spacial score (nSPS) is 11.9. The van der Waals surface area contributed by atoms with Gasteiger partial charge in [0.05, 0.1) is 28.7 Å². The first-order chi connectivity index (χ1) is 16.2. The minimum Gasteiger partial charge on any atom is -0.284 e. The highest BCUT2D eigenvalue weighted by atomic mass is 35.5. The second kappa shape index (κ2) is 9.62. The van der Waals surface area contributed by atoms with E-state index in [9.17, 15) is 13.2 Å². The molecule has 9 heteroatoms. The van der Waals surface area contributed by atoms with Gasteiger partial charge in [-0.05, 0) is 48.9 Å². The summed E-state index contributed by atoms with van der Waals surface area (Å²) >= 11 is 6.00. The molecule has 0 atom stereocenters. The molecule has 4 rings (SSSR count). The van der Waals surface area contributed by atoms with Gasteiger partial charge in [-0.25, -0.2) is 18.8 Å². The predicted molar refractivity (Wildman–Crippen MR) is 137 cm³/mol. The van der Waals surface area contributed by atoms with E-state index >= 15 is 0 Å². The highest BCUT2D eigenvalue weighted by Crippen LogP contribution is 2.26. The van der Waals surface area contributed by atoms with Gasteiger partial charge in [-0.1, -0.05) is 54.1 Å². The van der Waals surface area contributed by atoms with E-state index in [1.54, 1.807) is 49.4 Å². The van der Waals surface area contributed by atoms with Crippen LogP contribution in [0, 0.1) is 0 Å². The number of para-hydroxylation sites is 1. The van der Waals surface area contributed by atoms with Gasteiger partial charge in [0, 0.05) is 21.7 Å². The summed E-state index contributed by atoms with van der Waals surface area (Å²) in [4.78, 5) is 17.8. The molecule has 0 aliphatic heterocycles. The molecule has 0 saturated heterocycles. The Kier molecular flexibility index (Phi) is 6.63. The van der Waals surface area contributed by atoms with E-state index in [1.807, 2.05) is 36.4 Å². The smallest absolute Gasteiger partial charge is 0.272 e. The lowest BCUT2D eigenvalue weighted by Crippen LogP contribution is -2.20. The van der Waals surface area contributed by atoms with Gasteiger partial charge in [-0.2, -0.15) is 5.10 Å². The zero-order valence-corrected chi connectivity index (χ0v) is 20.0. The second-order valence-corrected chi connectivity index (χ2v) is 9.85. The van der Waals surface area contributed by atoms with Crippen LogP contribution >= 0.6 is 11.6 Å². The molecule has 0 spiro atoms. The molecule has 0 bridgehead atoms. The third kappa shape index (κ3) is 5.59. The molecule has 0 unspecified atom stereocenters. The van der Waals surface area contributed by atoms with Crippen LogP contribution in [0.5, 0.6) is 0 Å². The average Bonchev–Trinajstić information content (AvgIpc) is 2.81. The lowest BCUT2D eigenvalue weighted by Gasteiger charge is -2.10. The van der Waals surface area contributed by atoms with E-state index in [4.69, 9.17) is 11.6 Å². The highest BCUT2D eigenvalue weighted by molar-refractivity contribution is 7.92. The maximum absolute atomic E-state index is 13.1. The molecule has 4 aromatic rings. The molecule has 2 N–H and O–H groups in total. The van der Waals surface area contributed by atoms with Crippen LogP contribution in [0.4, 0.5) is 5.69 Å². The molecular formula is C25H21ClN4O3S. The van der Waals surface area contributed by atoms with E-state index in [1.165, 1.54) is 0 Å². The number of fused-ring (bicyclic) bond motifs is 1. The molecule has 172 valence electrons. The number of nitrogens with one attached hydrogen (secondary N) is 2. The maximum atomic E-state index is 13.1. The largest absolute Gasteiger partial charge is 0.284 e. The van der Waals surface area contributed by atoms with E-state index in [0.29, 0.717) is 38.6 Å². The molecule has 0 fully saturated rings. The number of aromatic nitrogens is 1. The zero-order chi connectivity index (χ0) is 24.3. The van der Waals surface area contributed by atoms with Crippen molar-refractivity contribution in [3.63, 3.8) is 0 Å². The van der Waals surface area contributed by atoms with Crippen LogP contribution in [-0.4, -0.2) is 31.3 Å². The number of carbonyl (C=O) groups excluding carboxylic acids is 1. The minimum atomic E-state index is -3.36. The van der Waals surface area contributed by atoms with Gasteiger partial charge < -0.3 is 0 Å². The number of anilines is 1. The first-order valence-corrected chi connectivity index (χ1v) is 12.6. The molecule has 1 aromatic heterocycles. The Morgan fingerprint density at radius 2 is 1.65 bits per heavy atom. The standard InChI is InChI=1S/C25H21ClN4O3S/c1-16(17-9-13-20(14-10-17)30-34(2,32)33)28-29-25(31)22-15-24(18-7-11-19(26)12-8-18)27-23-6-4-3-5-21(22)23/h3-15,30H,1-2H3,(H,29,31)/b28-16+. The van der Waals surface area contributed by atoms with Crippen molar-refractivity contribution in [1.29, 1.82) is 0 Å². The van der Waals surface area contributed by atoms with E-state index < -0.39 is 10.0 Å². The van der Waals surface area contributed by atoms with E-state index in [2.05, 4.69) is 20.2 Å². The number of amides is 1. The number of hydrogen-bond acceptors (Lipinski definition) is 5. The summed E-state index contributed by atoms with van der Waals surface area (Å²) in [6.45, 7) is 1.75. The van der Waals surface area contributed by atoms with Crippen molar-refractivity contribution in [3.05, 3.63) is 95.0 Å². The molecular weight excluding hydrogens is 472 g/mol. The Bertz CT molecular complexity index is 1500. The van der Waals surface area contributed by atoms with Crippen LogP contribution in [0.2, 0.25) is 5.02 Å². The van der Waals surface area contributed by atoms with Gasteiger partial charge in [0.1, 0.15) is 0 Å². The summed E-state index contributed by atoms with van der Waals surface area (Å²) in [5, 5.41) is 5.56. The number of benzene rings is 3. The van der Waals surface area contributed by atoms with Gasteiger partial charge in [-0.15, -0.1) is 0 Å². The topological polar surface area (TPSA) is 101 Å². The molecule has 34 heavy (non-hydrogen) atoms. The molecule has 3 aromatic carbocycles. The van der Waals surface area contributed by atoms with Crippen LogP contribution in [0.15, 0.2) is 84.0 Å². The SMILES string of the molecule is C/C(=N\NC(=O)c1cc(-c2ccc(Cl)cc2)nc2ccccc12)c1ccc(NS(C)(=O)=O)cc1. The lowest BCUT2D eigenvalue weighted by atomic mass is 10.0. The van der Waals surface area contributed by atoms with Crippen molar-refractivity contribution in [2.24, 2.45) is 5.10 Å². The monoisotopic (exact) mass is 492 g/mol. The molecule has 7 nitrogen and oxygen atoms in total. The third-order valence-corrected chi connectivity index (χ3v) is 5.89. The summed E-state index contributed by atoms with van der Waals surface area (Å²) in [6, 6.07) is 23.1. The van der Waals surface area contributed by atoms with Gasteiger partial charge in [0.25, 0.3) is 5.91 Å². The second-order valence-electron chi connectivity index (χ2n) is 7.67. The van der Waals surface area contributed by atoms with Crippen molar-refractivity contribution in [2.45, 2.75) is 6.92 Å². The van der Waals surface area contributed by atoms with Gasteiger partial charge >= 0.3 is 0 Å². The Balaban J connectivity index is 1.61. The fraction of sp³-hybridized carbons (Fsp3) is 0.0800. The zero-order valence-electron chi connectivity index (χ0n) is 18.4. The molecule has 0 aliphatic rings. The molecule has 0 radical (unpaired) electrons. The fourth-order valence-electron chi connectivity index (χ4n) is 3.38. The van der Waals surface area contributed by atoms with Crippen molar-refractivity contribution in [2.75, 3.05) is 11.0 Å². The number of carbonyl (C=O) groups is 1. The van der Waals surface area contributed by atoms with Gasteiger partial charge in [-0.3, -0.25) is 9.52 Å². The number of hydrogen-bond donors (Lipinski definition) is 2. The number of nitrogens with zero attached hydrogens (tertiary/aromatic N) is 2. The minimum absolute atomic E-state index is 0.372. The van der Waals surface area contributed by atoms with E-state index in [-0.39, 0.29) is 5.91 Å². The number of pyridine rings is 1. The van der Waals surface area contributed by atoms with E-state index in [0.717, 1.165) is 17.4 Å². The first kappa shape index (κ1) is 23.4. The number of rotatable bonds is 6. The summed E-state index contributed by atoms with van der Waals surface area (Å²) < 4.78 is 25.1. The summed E-state index contributed by atoms with van der Waals surface area (Å²) in [7, 11) is -3.36. The fourth-order valence-corrected chi connectivity index (χ4v) is 4.07. The quantitative estimate of drug-likeness (QED) is 0.289. The number of sulfonamides is 1. The Morgan fingerprint density at radius 1 is 0.971 bits per heavy atom. The van der Waals surface area contributed by atoms with Crippen molar-refractivity contribution < 1.29 is 13.2 Å². The maximum Gasteiger partial charge on any atom is 0.272 e. The average molecular weight is 493 g/mol. The highest BCUT2D eigenvalue weighted by Gasteiger charge is 2.14. The van der Waals surface area contributed by atoms with Gasteiger partial charge in [0.2, 0.25) is 10.0 Å². The van der Waals surface area contributed by atoms with Crippen molar-refractivity contribution >= 4 is 49.8 Å². The van der Waals surface area contributed by atoms with Crippen molar-refractivity contribution in [3.8, 4) is 11.3 Å². The Hall–Kier alpha value is -3.75. The van der Waals surface area contributed by atoms with Crippen LogP contribution in [0.3, 0.4) is 0 Å². The van der Waals surface area contributed by atoms with Crippen LogP contribution < -0.4 is 10.1 Å². The summed E-state index contributed by atoms with van der Waals surface area (Å²) in [5.41, 5.74) is 6.99. The third-order valence-electron chi connectivity index (χ3n) is 5.03. The van der Waals surface area contributed by atoms with Crippen LogP contribution in [-0.2, 0) is 10.0 Å². The first-order valence-electron chi connectivity index (χ1n) is 10.3.